The zero-order valence-electron chi connectivity index (χ0n) is 25.0. The molecule has 0 aromatic rings. The second-order valence-corrected chi connectivity index (χ2v) is 17.5. The lowest BCUT2D eigenvalue weighted by atomic mass is 9.35. The second-order valence-electron chi connectivity index (χ2n) is 15.6. The van der Waals surface area contributed by atoms with Crippen LogP contribution in [-0.2, 0) is 19.5 Å². The second kappa shape index (κ2) is 8.37. The van der Waals surface area contributed by atoms with E-state index in [1.807, 2.05) is 12.2 Å². The first-order valence-corrected chi connectivity index (χ1v) is 16.9. The minimum Gasteiger partial charge on any atom is -0.295 e. The number of nitriles is 1. The van der Waals surface area contributed by atoms with Gasteiger partial charge in [0.25, 0.3) is 0 Å². The van der Waals surface area contributed by atoms with Gasteiger partial charge in [0.05, 0.1) is 5.57 Å². The highest BCUT2D eigenvalue weighted by molar-refractivity contribution is 7.90. The van der Waals surface area contributed by atoms with Gasteiger partial charge in [-0.3, -0.25) is 9.59 Å². The van der Waals surface area contributed by atoms with Crippen LogP contribution in [0.2, 0.25) is 0 Å². The van der Waals surface area contributed by atoms with Crippen LogP contribution in [-0.4, -0.2) is 32.6 Å². The van der Waals surface area contributed by atoms with Crippen molar-refractivity contribution in [2.24, 2.45) is 49.3 Å². The number of fused-ring (bicyclic) bond motifs is 8. The molecule has 0 aromatic carbocycles. The lowest BCUT2D eigenvalue weighted by Gasteiger charge is -2.69. The zero-order valence-corrected chi connectivity index (χ0v) is 25.9. The number of carbonyl (C=O) groups excluding carboxylic acids is 2. The molecule has 1 N–H and O–H groups in total. The summed E-state index contributed by atoms with van der Waals surface area (Å²) in [6.45, 7) is 11.1. The van der Waals surface area contributed by atoms with E-state index in [9.17, 15) is 29.2 Å². The van der Waals surface area contributed by atoms with Crippen LogP contribution >= 0.6 is 0 Å². The maximum atomic E-state index is 14.5. The minimum absolute atomic E-state index is 0.0147. The van der Waals surface area contributed by atoms with Crippen molar-refractivity contribution in [2.45, 2.75) is 97.9 Å². The zero-order chi connectivity index (χ0) is 30.0. The number of Topliss-reactive ketones (excluding diaryl/α,β-unsaturated/α-hetero) is 1. The summed E-state index contributed by atoms with van der Waals surface area (Å²) in [6, 6.07) is 2.19. The summed E-state index contributed by atoms with van der Waals surface area (Å²) in [5.41, 5.74) is -1.19. The molecule has 0 bridgehead atoms. The van der Waals surface area contributed by atoms with Crippen molar-refractivity contribution in [1.82, 2.24) is 4.72 Å². The van der Waals surface area contributed by atoms with E-state index in [1.165, 1.54) is 6.26 Å². The quantitative estimate of drug-likeness (QED) is 0.344. The maximum Gasteiger partial charge on any atom is 0.201 e. The molecule has 6 rings (SSSR count). The third kappa shape index (κ3) is 3.76. The molecule has 8 atom stereocenters. The third-order valence-corrected chi connectivity index (χ3v) is 14.2. The van der Waals surface area contributed by atoms with Crippen LogP contribution in [0.3, 0.4) is 0 Å². The fourth-order valence-corrected chi connectivity index (χ4v) is 12.1. The number of nitro groups is 1. The summed E-state index contributed by atoms with van der Waals surface area (Å²) in [6.07, 6.45) is 12.0. The van der Waals surface area contributed by atoms with Crippen LogP contribution in [0.4, 0.5) is 0 Å². The van der Waals surface area contributed by atoms with Crippen LogP contribution in [0.1, 0.15) is 92.4 Å². The van der Waals surface area contributed by atoms with Gasteiger partial charge in [0.2, 0.25) is 5.03 Å². The predicted molar refractivity (Wildman–Crippen MR) is 154 cm³/mol. The number of nitrogens with one attached hydrogen (secondary N) is 1. The molecule has 10 heteroatoms. The van der Waals surface area contributed by atoms with Crippen molar-refractivity contribution in [1.29, 1.82) is 5.26 Å². The Balaban J connectivity index is 1.50. The number of rotatable bonds is 3. The maximum absolute atomic E-state index is 14.5. The number of ketones is 2. The number of nitrogens with zero attached hydrogens (tertiary/aromatic N) is 3. The minimum atomic E-state index is -3.33. The molecular formula is C31H42N4O5S. The molecule has 0 heterocycles. The molecule has 0 amide bonds. The summed E-state index contributed by atoms with van der Waals surface area (Å²) in [5, 5.41) is 20.3. The summed E-state index contributed by atoms with van der Waals surface area (Å²) in [4.78, 5) is 39.1. The Morgan fingerprint density at radius 3 is 2.34 bits per heavy atom. The predicted octanol–water partition coefficient (Wildman–Crippen LogP) is 5.51. The van der Waals surface area contributed by atoms with Gasteiger partial charge < -0.3 is 0 Å². The molecule has 222 valence electrons. The largest absolute Gasteiger partial charge is 0.295 e. The molecule has 9 nitrogen and oxygen atoms in total. The van der Waals surface area contributed by atoms with E-state index < -0.39 is 36.7 Å². The first kappa shape index (κ1) is 28.7. The Morgan fingerprint density at radius 1 is 1.07 bits per heavy atom. The average molecular weight is 583 g/mol. The monoisotopic (exact) mass is 582 g/mol. The van der Waals surface area contributed by atoms with Gasteiger partial charge in [-0.1, -0.05) is 46.3 Å². The molecule has 1 unspecified atom stereocenters. The lowest BCUT2D eigenvalue weighted by molar-refractivity contribution is -0.482. The molecule has 6 aliphatic rings. The van der Waals surface area contributed by atoms with E-state index >= 15 is 0 Å². The van der Waals surface area contributed by atoms with Crippen molar-refractivity contribution < 1.29 is 18.8 Å². The molecule has 0 aliphatic heterocycles. The van der Waals surface area contributed by atoms with Crippen LogP contribution in [0, 0.1) is 66.3 Å². The van der Waals surface area contributed by atoms with Crippen molar-refractivity contribution in [3.05, 3.63) is 33.4 Å². The van der Waals surface area contributed by atoms with Crippen molar-refractivity contribution in [3.63, 3.8) is 0 Å². The van der Waals surface area contributed by atoms with Gasteiger partial charge in [-0.05, 0) is 91.9 Å². The summed E-state index contributed by atoms with van der Waals surface area (Å²) < 4.78 is 19.9. The first-order chi connectivity index (χ1) is 18.9. The van der Waals surface area contributed by atoms with E-state index in [1.54, 1.807) is 0 Å². The van der Waals surface area contributed by atoms with Crippen LogP contribution in [0.15, 0.2) is 27.8 Å². The average Bonchev–Trinajstić information content (AvgIpc) is 3.64. The van der Waals surface area contributed by atoms with Gasteiger partial charge >= 0.3 is 0 Å². The summed E-state index contributed by atoms with van der Waals surface area (Å²) in [7, 11) is -3.33. The Hall–Kier alpha value is -2.38. The van der Waals surface area contributed by atoms with Gasteiger partial charge in [0.1, 0.15) is 10.5 Å². The van der Waals surface area contributed by atoms with Gasteiger partial charge in [0.15, 0.2) is 21.5 Å². The highest BCUT2D eigenvalue weighted by Crippen LogP contribution is 2.76. The summed E-state index contributed by atoms with van der Waals surface area (Å²) in [5.74, 6) is -0.383. The molecule has 0 saturated heterocycles. The van der Waals surface area contributed by atoms with Gasteiger partial charge in [-0.15, -0.1) is 0 Å². The fraction of sp³-hybridized carbons (Fsp3) is 0.774. The SMILES string of the molecule is CC1(C)CC[C@]2(NS(C)(=O)=N[N+](=O)[O-])CC[C@]3(C)[C@H](C(=O)C=C4[C@@]5(C)C=C(C#N)C(=O)C6(CC6)[C@@H]5CC[C@]43C)[C@@H]2C1. The van der Waals surface area contributed by atoms with Crippen LogP contribution in [0.25, 0.3) is 0 Å². The lowest BCUT2D eigenvalue weighted by Crippen LogP contribution is -2.69. The number of hydrogen-bond donors (Lipinski definition) is 1. The van der Waals surface area contributed by atoms with Crippen LogP contribution < -0.4 is 4.72 Å². The molecular weight excluding hydrogens is 540 g/mol. The number of allylic oxidation sites excluding steroid dienone is 4. The molecule has 4 fully saturated rings. The van der Waals surface area contributed by atoms with Gasteiger partial charge in [-0.2, -0.15) is 5.26 Å². The van der Waals surface area contributed by atoms with E-state index in [0.717, 1.165) is 44.1 Å². The highest BCUT2D eigenvalue weighted by Gasteiger charge is 2.72. The Labute approximate surface area is 243 Å². The van der Waals surface area contributed by atoms with Crippen molar-refractivity contribution in [2.75, 3.05) is 6.26 Å². The normalized spacial score (nSPS) is 45.0. The fourth-order valence-electron chi connectivity index (χ4n) is 10.7. The Morgan fingerprint density at radius 2 is 1.73 bits per heavy atom. The van der Waals surface area contributed by atoms with Gasteiger partial charge in [-0.25, -0.2) is 19.0 Å². The van der Waals surface area contributed by atoms with E-state index in [2.05, 4.69) is 49.9 Å². The topological polar surface area (TPSA) is 143 Å². The molecule has 6 aliphatic carbocycles. The van der Waals surface area contributed by atoms with Crippen molar-refractivity contribution >= 4 is 21.5 Å². The Kier molecular flexibility index (Phi) is 5.87. The molecule has 0 radical (unpaired) electrons. The highest BCUT2D eigenvalue weighted by atomic mass is 32.2. The van der Waals surface area contributed by atoms with E-state index in [0.29, 0.717) is 19.3 Å². The number of hydrogen-bond acceptors (Lipinski definition) is 6. The number of carbonyl (C=O) groups is 2. The van der Waals surface area contributed by atoms with E-state index in [-0.39, 0.29) is 45.7 Å². The standard InChI is InChI=1S/C31H42N4O5S/c1-26(2)9-13-31(33-41(6,40)34-35(38)39)14-10-29(5)24(20(31)17-26)21(36)15-23-27(3)16-19(18-32)25(37)30(11-12-30)22(27)7-8-28(23,29)4/h15-16,20,22,24H,7-14,17H2,1-6H3,(H,33,34,40)/t20-,22+,24-,27-,28+,29+,31-,41?/m0/s1. The molecule has 1 spiro atoms. The molecule has 0 aromatic heterocycles. The first-order valence-electron chi connectivity index (χ1n) is 15.0. The van der Waals surface area contributed by atoms with E-state index in [4.69, 9.17) is 0 Å². The van der Waals surface area contributed by atoms with Gasteiger partial charge in [0, 0.05) is 28.5 Å². The van der Waals surface area contributed by atoms with Crippen LogP contribution in [0.5, 0.6) is 0 Å². The Bertz CT molecular complexity index is 1510. The molecule has 41 heavy (non-hydrogen) atoms. The van der Waals surface area contributed by atoms with Crippen molar-refractivity contribution in [3.8, 4) is 6.07 Å². The third-order valence-electron chi connectivity index (χ3n) is 12.9. The molecule has 4 saturated carbocycles. The smallest absolute Gasteiger partial charge is 0.201 e. The summed E-state index contributed by atoms with van der Waals surface area (Å²) >= 11 is 0.